The maximum atomic E-state index is 13.5. The molecule has 0 spiro atoms. The van der Waals surface area contributed by atoms with Gasteiger partial charge in [-0.2, -0.15) is 14.2 Å². The number of halogens is 2. The summed E-state index contributed by atoms with van der Waals surface area (Å²) < 4.78 is 39.4. The summed E-state index contributed by atoms with van der Waals surface area (Å²) in [6, 6.07) is 12.5. The number of carbonyl (C=O) groups is 2. The van der Waals surface area contributed by atoms with Crippen LogP contribution in [0.15, 0.2) is 73.2 Å². The number of benzene rings is 2. The Hall–Kier alpha value is -4.80. The number of rotatable bonds is 6. The molecule has 9 nitrogen and oxygen atoms in total. The number of pyridine rings is 1. The number of ether oxygens (including phenoxy) is 2. The van der Waals surface area contributed by atoms with Crippen LogP contribution in [0.4, 0.5) is 19.3 Å². The van der Waals surface area contributed by atoms with E-state index in [9.17, 15) is 18.4 Å². The standard InChI is InChI=1S/C27H23F2N5O4/c1-33-23-12-21(37-15-18-7-8-30-25(29)11-18)5-6-24(23)38-16-22(26(33)35)32-27(36)34-14-19(13-31-34)9-17-3-2-4-20(28)10-17/h2-8,10-14,22H,9,15-16H2,1H3,(H,32,36)/t22-/m0/s1. The van der Waals surface area contributed by atoms with Gasteiger partial charge in [0.25, 0.3) is 5.91 Å². The fourth-order valence-electron chi connectivity index (χ4n) is 4.03. The minimum Gasteiger partial charge on any atom is -0.489 e. The molecule has 5 rings (SSSR count). The minimum absolute atomic E-state index is 0.0875. The van der Waals surface area contributed by atoms with Crippen LogP contribution < -0.4 is 19.7 Å². The van der Waals surface area contributed by atoms with Crippen LogP contribution >= 0.6 is 0 Å². The number of nitrogens with one attached hydrogen (secondary N) is 1. The van der Waals surface area contributed by atoms with Crippen molar-refractivity contribution < 1.29 is 27.8 Å². The first-order chi connectivity index (χ1) is 18.4. The van der Waals surface area contributed by atoms with E-state index in [1.54, 1.807) is 43.4 Å². The van der Waals surface area contributed by atoms with Crippen LogP contribution in [0.25, 0.3) is 0 Å². The average molecular weight is 520 g/mol. The van der Waals surface area contributed by atoms with Crippen LogP contribution in [0.3, 0.4) is 0 Å². The lowest BCUT2D eigenvalue weighted by Crippen LogP contribution is -2.50. The first-order valence-corrected chi connectivity index (χ1v) is 11.7. The Bertz CT molecular complexity index is 1490. The Kier molecular flexibility index (Phi) is 6.98. The lowest BCUT2D eigenvalue weighted by Gasteiger charge is -2.20. The average Bonchev–Trinajstić information content (AvgIpc) is 3.34. The van der Waals surface area contributed by atoms with Gasteiger partial charge in [-0.15, -0.1) is 0 Å². The summed E-state index contributed by atoms with van der Waals surface area (Å²) in [6.07, 6.45) is 4.79. The topological polar surface area (TPSA) is 98.6 Å². The third-order valence-corrected chi connectivity index (χ3v) is 5.96. The molecule has 2 aromatic heterocycles. The molecule has 38 heavy (non-hydrogen) atoms. The van der Waals surface area contributed by atoms with E-state index in [-0.39, 0.29) is 19.0 Å². The molecule has 3 heterocycles. The quantitative estimate of drug-likeness (QED) is 0.390. The molecule has 1 N–H and O–H groups in total. The van der Waals surface area contributed by atoms with Crippen LogP contribution in [0.5, 0.6) is 11.5 Å². The van der Waals surface area contributed by atoms with Gasteiger partial charge in [0.2, 0.25) is 5.95 Å². The smallest absolute Gasteiger partial charge is 0.342 e. The highest BCUT2D eigenvalue weighted by molar-refractivity contribution is 6.00. The van der Waals surface area contributed by atoms with Gasteiger partial charge in [0.05, 0.1) is 11.9 Å². The highest BCUT2D eigenvalue weighted by atomic mass is 19.1. The highest BCUT2D eigenvalue weighted by Crippen LogP contribution is 2.34. The Morgan fingerprint density at radius 3 is 2.82 bits per heavy atom. The summed E-state index contributed by atoms with van der Waals surface area (Å²) in [6.45, 7) is 0.0241. The van der Waals surface area contributed by atoms with Gasteiger partial charge >= 0.3 is 6.03 Å². The number of amides is 2. The molecule has 0 radical (unpaired) electrons. The third kappa shape index (κ3) is 5.61. The maximum Gasteiger partial charge on any atom is 0.342 e. The molecular formula is C27H23F2N5O4. The number of carbonyl (C=O) groups excluding carboxylic acids is 2. The zero-order chi connectivity index (χ0) is 26.6. The van der Waals surface area contributed by atoms with Gasteiger partial charge in [-0.1, -0.05) is 12.1 Å². The molecule has 1 atom stereocenters. The van der Waals surface area contributed by atoms with Crippen molar-refractivity contribution in [1.29, 1.82) is 0 Å². The lowest BCUT2D eigenvalue weighted by atomic mass is 10.1. The zero-order valence-corrected chi connectivity index (χ0v) is 20.3. The molecule has 4 aromatic rings. The van der Waals surface area contributed by atoms with E-state index < -0.39 is 23.9 Å². The predicted octanol–water partition coefficient (Wildman–Crippen LogP) is 3.71. The number of hydrogen-bond acceptors (Lipinski definition) is 6. The SMILES string of the molecule is CN1C(=O)[C@@H](NC(=O)n2cc(Cc3cccc(F)c3)cn2)COc2ccc(OCc3ccnc(F)c3)cc21. The normalized spacial score (nSPS) is 14.9. The van der Waals surface area contributed by atoms with Crippen molar-refractivity contribution in [2.45, 2.75) is 19.1 Å². The summed E-state index contributed by atoms with van der Waals surface area (Å²) in [5.74, 6) is -0.437. The molecule has 0 saturated carbocycles. The van der Waals surface area contributed by atoms with E-state index >= 15 is 0 Å². The molecule has 0 unspecified atom stereocenters. The summed E-state index contributed by atoms with van der Waals surface area (Å²) >= 11 is 0. The van der Waals surface area contributed by atoms with Gasteiger partial charge in [-0.25, -0.2) is 14.2 Å². The van der Waals surface area contributed by atoms with Crippen molar-refractivity contribution in [1.82, 2.24) is 20.1 Å². The molecular weight excluding hydrogens is 496 g/mol. The Morgan fingerprint density at radius 1 is 1.13 bits per heavy atom. The van der Waals surface area contributed by atoms with E-state index in [0.29, 0.717) is 34.7 Å². The predicted molar refractivity (Wildman–Crippen MR) is 133 cm³/mol. The largest absolute Gasteiger partial charge is 0.489 e. The van der Waals surface area contributed by atoms with Crippen LogP contribution in [0.2, 0.25) is 0 Å². The van der Waals surface area contributed by atoms with Crippen molar-refractivity contribution in [3.63, 3.8) is 0 Å². The summed E-state index contributed by atoms with van der Waals surface area (Å²) in [5.41, 5.74) is 2.52. The van der Waals surface area contributed by atoms with E-state index in [4.69, 9.17) is 9.47 Å². The van der Waals surface area contributed by atoms with Crippen LogP contribution in [0.1, 0.15) is 16.7 Å². The molecule has 0 saturated heterocycles. The van der Waals surface area contributed by atoms with E-state index in [1.807, 2.05) is 0 Å². The maximum absolute atomic E-state index is 13.5. The Labute approximate surface area is 216 Å². The fraction of sp³-hybridized carbons (Fsp3) is 0.185. The van der Waals surface area contributed by atoms with Crippen molar-refractivity contribution in [2.24, 2.45) is 0 Å². The Morgan fingerprint density at radius 2 is 2.00 bits per heavy atom. The molecule has 11 heteroatoms. The highest BCUT2D eigenvalue weighted by Gasteiger charge is 2.31. The van der Waals surface area contributed by atoms with Crippen molar-refractivity contribution >= 4 is 17.6 Å². The van der Waals surface area contributed by atoms with Gasteiger partial charge in [0.15, 0.2) is 0 Å². The number of anilines is 1. The molecule has 194 valence electrons. The monoisotopic (exact) mass is 519 g/mol. The van der Waals surface area contributed by atoms with Crippen LogP contribution in [-0.4, -0.2) is 46.4 Å². The van der Waals surface area contributed by atoms with E-state index in [1.165, 1.54) is 41.7 Å². The number of hydrogen-bond donors (Lipinski definition) is 1. The zero-order valence-electron chi connectivity index (χ0n) is 20.3. The molecule has 1 aliphatic heterocycles. The van der Waals surface area contributed by atoms with Gasteiger partial charge in [-0.05, 0) is 53.1 Å². The molecule has 0 bridgehead atoms. The summed E-state index contributed by atoms with van der Waals surface area (Å²) in [7, 11) is 1.57. The van der Waals surface area contributed by atoms with Crippen molar-refractivity contribution in [3.8, 4) is 11.5 Å². The van der Waals surface area contributed by atoms with Crippen LogP contribution in [0, 0.1) is 11.8 Å². The van der Waals surface area contributed by atoms with Gasteiger partial charge in [0, 0.05) is 31.9 Å². The van der Waals surface area contributed by atoms with Gasteiger partial charge < -0.3 is 19.7 Å². The van der Waals surface area contributed by atoms with Crippen LogP contribution in [-0.2, 0) is 17.8 Å². The van der Waals surface area contributed by atoms with Crippen molar-refractivity contribution in [2.75, 3.05) is 18.6 Å². The van der Waals surface area contributed by atoms with E-state index in [0.717, 1.165) is 10.2 Å². The van der Waals surface area contributed by atoms with Crippen molar-refractivity contribution in [3.05, 3.63) is 102 Å². The second-order valence-corrected chi connectivity index (χ2v) is 8.72. The van der Waals surface area contributed by atoms with Gasteiger partial charge in [0.1, 0.15) is 36.6 Å². The molecule has 2 amide bonds. The molecule has 0 fully saturated rings. The number of fused-ring (bicyclic) bond motifs is 1. The fourth-order valence-corrected chi connectivity index (χ4v) is 4.03. The van der Waals surface area contributed by atoms with Gasteiger partial charge in [-0.3, -0.25) is 4.79 Å². The van der Waals surface area contributed by atoms with E-state index in [2.05, 4.69) is 15.4 Å². The third-order valence-electron chi connectivity index (χ3n) is 5.96. The molecule has 1 aliphatic rings. The summed E-state index contributed by atoms with van der Waals surface area (Å²) in [5, 5.41) is 6.73. The molecule has 2 aromatic carbocycles. The second kappa shape index (κ2) is 10.7. The minimum atomic E-state index is -0.972. The number of likely N-dealkylation sites (N-methyl/N-ethyl adjacent to an activating group) is 1. The summed E-state index contributed by atoms with van der Waals surface area (Å²) in [4.78, 5) is 30.9. The molecule has 0 aliphatic carbocycles. The number of nitrogens with zero attached hydrogens (tertiary/aromatic N) is 4. The second-order valence-electron chi connectivity index (χ2n) is 8.72. The first kappa shape index (κ1) is 24.9. The first-order valence-electron chi connectivity index (χ1n) is 11.7. The number of aromatic nitrogens is 3. The lowest BCUT2D eigenvalue weighted by molar-refractivity contribution is -0.120. The Balaban J connectivity index is 1.23.